The third-order valence-electron chi connectivity index (χ3n) is 7.83. The van der Waals surface area contributed by atoms with Gasteiger partial charge in [0.1, 0.15) is 11.6 Å². The first-order chi connectivity index (χ1) is 20.7. The fourth-order valence-corrected chi connectivity index (χ4v) is 6.59. The minimum Gasteiger partial charge on any atom is -0.495 e. The van der Waals surface area contributed by atoms with E-state index in [0.29, 0.717) is 17.8 Å². The van der Waals surface area contributed by atoms with Crippen molar-refractivity contribution in [1.29, 1.82) is 0 Å². The van der Waals surface area contributed by atoms with E-state index in [4.69, 9.17) is 14.5 Å². The van der Waals surface area contributed by atoms with Gasteiger partial charge in [0.15, 0.2) is 5.75 Å². The van der Waals surface area contributed by atoms with Crippen LogP contribution in [-0.2, 0) is 0 Å². The molecule has 1 aliphatic rings. The summed E-state index contributed by atoms with van der Waals surface area (Å²) in [7, 11) is 7.27. The maximum absolute atomic E-state index is 5.85. The highest BCUT2D eigenvalue weighted by molar-refractivity contribution is 9.10. The average Bonchev–Trinajstić information content (AvgIpc) is 3.49. The van der Waals surface area contributed by atoms with E-state index in [9.17, 15) is 0 Å². The van der Waals surface area contributed by atoms with Gasteiger partial charge in [0.25, 0.3) is 0 Å². The summed E-state index contributed by atoms with van der Waals surface area (Å²) in [5.41, 5.74) is 5.09. The summed E-state index contributed by atoms with van der Waals surface area (Å²) >= 11 is 3.63. The third kappa shape index (κ3) is 7.06. The number of benzene rings is 2. The number of aryl methyl sites for hydroxylation is 1. The van der Waals surface area contributed by atoms with Crippen molar-refractivity contribution in [3.05, 3.63) is 59.0 Å². The molecule has 10 nitrogen and oxygen atoms in total. The van der Waals surface area contributed by atoms with Gasteiger partial charge in [0, 0.05) is 48.1 Å². The molecule has 1 fully saturated rings. The summed E-state index contributed by atoms with van der Waals surface area (Å²) < 4.78 is 13.7. The molecule has 0 spiro atoms. The molecule has 2 aromatic carbocycles. The SMILES string of the molecule is COc1cnn(-c2ccc(Nc3nc(Nc4cc(OC)c(N5CCC(N(C)C)CC5)cc4C)ncc3Br)c(P(C)C)c2)c1. The Morgan fingerprint density at radius 1 is 1.00 bits per heavy atom. The number of anilines is 5. The van der Waals surface area contributed by atoms with Crippen LogP contribution < -0.4 is 30.3 Å². The lowest BCUT2D eigenvalue weighted by Crippen LogP contribution is -2.42. The van der Waals surface area contributed by atoms with Gasteiger partial charge in [0.2, 0.25) is 5.95 Å². The zero-order valence-electron chi connectivity index (χ0n) is 25.8. The van der Waals surface area contributed by atoms with Crippen LogP contribution >= 0.6 is 23.9 Å². The highest BCUT2D eigenvalue weighted by atomic mass is 79.9. The molecule has 2 aromatic heterocycles. The number of methoxy groups -OCH3 is 2. The Bertz CT molecular complexity index is 1570. The van der Waals surface area contributed by atoms with Crippen LogP contribution in [0.5, 0.6) is 11.5 Å². The van der Waals surface area contributed by atoms with Crippen molar-refractivity contribution >= 4 is 58.0 Å². The predicted octanol–water partition coefficient (Wildman–Crippen LogP) is 6.13. The van der Waals surface area contributed by atoms with E-state index >= 15 is 0 Å². The highest BCUT2D eigenvalue weighted by Crippen LogP contribution is 2.37. The smallest absolute Gasteiger partial charge is 0.229 e. The van der Waals surface area contributed by atoms with Gasteiger partial charge in [-0.3, -0.25) is 0 Å². The first-order valence-corrected chi connectivity index (χ1v) is 17.3. The van der Waals surface area contributed by atoms with Crippen LogP contribution in [0.25, 0.3) is 5.69 Å². The quantitative estimate of drug-likeness (QED) is 0.194. The minimum atomic E-state index is -0.427. The van der Waals surface area contributed by atoms with Crippen molar-refractivity contribution in [2.24, 2.45) is 0 Å². The van der Waals surface area contributed by atoms with Gasteiger partial charge in [-0.25, -0.2) is 9.67 Å². The zero-order valence-corrected chi connectivity index (χ0v) is 28.3. The number of halogens is 1. The summed E-state index contributed by atoms with van der Waals surface area (Å²) in [5, 5.41) is 12.6. The van der Waals surface area contributed by atoms with E-state index in [1.165, 1.54) is 5.30 Å². The zero-order chi connectivity index (χ0) is 30.7. The first kappa shape index (κ1) is 31.0. The van der Waals surface area contributed by atoms with Crippen LogP contribution in [0.1, 0.15) is 18.4 Å². The maximum atomic E-state index is 5.85. The molecule has 1 aliphatic heterocycles. The number of nitrogens with one attached hydrogen (secondary N) is 2. The van der Waals surface area contributed by atoms with Crippen molar-refractivity contribution in [3.8, 4) is 17.2 Å². The van der Waals surface area contributed by atoms with Crippen LogP contribution in [-0.4, -0.2) is 85.4 Å². The molecule has 3 heterocycles. The molecule has 4 aromatic rings. The Kier molecular flexibility index (Phi) is 9.74. The molecule has 2 N–H and O–H groups in total. The molecule has 0 atom stereocenters. The molecule has 12 heteroatoms. The van der Waals surface area contributed by atoms with E-state index in [0.717, 1.165) is 70.2 Å². The van der Waals surface area contributed by atoms with Crippen molar-refractivity contribution < 1.29 is 9.47 Å². The molecule has 0 aliphatic carbocycles. The monoisotopic (exact) mass is 666 g/mol. The molecule has 1 saturated heterocycles. The molecule has 43 heavy (non-hydrogen) atoms. The normalized spacial score (nSPS) is 14.0. The molecule has 5 rings (SSSR count). The Labute approximate surface area is 263 Å². The van der Waals surface area contributed by atoms with Crippen molar-refractivity contribution in [2.75, 3.05) is 70.3 Å². The topological polar surface area (TPSA) is 92.6 Å². The molecule has 0 amide bonds. The van der Waals surface area contributed by atoms with E-state index in [2.05, 4.69) is 99.0 Å². The third-order valence-corrected chi connectivity index (χ3v) is 9.74. The van der Waals surface area contributed by atoms with Crippen LogP contribution in [0.4, 0.5) is 28.8 Å². The van der Waals surface area contributed by atoms with Gasteiger partial charge in [-0.1, -0.05) is 7.92 Å². The van der Waals surface area contributed by atoms with Gasteiger partial charge < -0.3 is 29.9 Å². The Morgan fingerprint density at radius 2 is 1.77 bits per heavy atom. The molecule has 0 radical (unpaired) electrons. The van der Waals surface area contributed by atoms with Crippen LogP contribution in [0.3, 0.4) is 0 Å². The van der Waals surface area contributed by atoms with Crippen molar-refractivity contribution in [3.63, 3.8) is 0 Å². The average molecular weight is 668 g/mol. The Balaban J connectivity index is 1.37. The summed E-state index contributed by atoms with van der Waals surface area (Å²) in [5.74, 6) is 2.73. The highest BCUT2D eigenvalue weighted by Gasteiger charge is 2.23. The van der Waals surface area contributed by atoms with Crippen LogP contribution in [0.15, 0.2) is 53.4 Å². The first-order valence-electron chi connectivity index (χ1n) is 14.2. The number of ether oxygens (including phenoxy) is 2. The van der Waals surface area contributed by atoms with E-state index in [1.807, 2.05) is 23.0 Å². The van der Waals surface area contributed by atoms with E-state index in [1.54, 1.807) is 26.6 Å². The van der Waals surface area contributed by atoms with Gasteiger partial charge in [-0.05, 0) is 92.9 Å². The molecule has 0 bridgehead atoms. The summed E-state index contributed by atoms with van der Waals surface area (Å²) in [6.45, 7) is 8.58. The van der Waals surface area contributed by atoms with Crippen LogP contribution in [0, 0.1) is 6.92 Å². The van der Waals surface area contributed by atoms with Gasteiger partial charge in [-0.15, -0.1) is 0 Å². The van der Waals surface area contributed by atoms with E-state index in [-0.39, 0.29) is 0 Å². The Hall–Kier alpha value is -3.40. The Morgan fingerprint density at radius 3 is 2.42 bits per heavy atom. The number of rotatable bonds is 10. The lowest BCUT2D eigenvalue weighted by molar-refractivity contribution is 0.249. The molecular weight excluding hydrogens is 627 g/mol. The molecule has 0 saturated carbocycles. The molecule has 0 unspecified atom stereocenters. The minimum absolute atomic E-state index is 0.427. The summed E-state index contributed by atoms with van der Waals surface area (Å²) in [6.07, 6.45) is 7.61. The molecule has 228 valence electrons. The maximum Gasteiger partial charge on any atom is 0.229 e. The largest absolute Gasteiger partial charge is 0.495 e. The summed E-state index contributed by atoms with van der Waals surface area (Å²) in [6, 6.07) is 11.1. The second kappa shape index (κ2) is 13.5. The van der Waals surface area contributed by atoms with Crippen molar-refractivity contribution in [1.82, 2.24) is 24.6 Å². The lowest BCUT2D eigenvalue weighted by Gasteiger charge is -2.37. The number of hydrogen-bond donors (Lipinski definition) is 2. The standard InChI is InChI=1S/C31H40BrN8O2P/c1-20-14-27(39-12-10-21(11-13-39)38(2)3)28(42-5)16-26(20)36-31-33-18-24(32)30(37-31)35-25-9-8-22(15-29(25)43(6)7)40-19-23(41-4)17-34-40/h8-9,14-19,21H,10-13H2,1-7H3,(H2,33,35,36,37). The number of piperidine rings is 1. The van der Waals surface area contributed by atoms with E-state index < -0.39 is 7.92 Å². The lowest BCUT2D eigenvalue weighted by atomic mass is 10.0. The number of nitrogens with zero attached hydrogens (tertiary/aromatic N) is 6. The van der Waals surface area contributed by atoms with Gasteiger partial charge in [-0.2, -0.15) is 10.1 Å². The van der Waals surface area contributed by atoms with Crippen LogP contribution in [0.2, 0.25) is 0 Å². The van der Waals surface area contributed by atoms with Crippen molar-refractivity contribution in [2.45, 2.75) is 25.8 Å². The number of aromatic nitrogens is 4. The fourth-order valence-electron chi connectivity index (χ4n) is 5.30. The second-order valence-electron chi connectivity index (χ2n) is 11.1. The van der Waals surface area contributed by atoms with Gasteiger partial charge >= 0.3 is 0 Å². The fraction of sp³-hybridized carbons (Fsp3) is 0.387. The summed E-state index contributed by atoms with van der Waals surface area (Å²) in [4.78, 5) is 14.1. The van der Waals surface area contributed by atoms with Gasteiger partial charge in [0.05, 0.1) is 42.5 Å². The second-order valence-corrected chi connectivity index (χ2v) is 14.2. The predicted molar refractivity (Wildman–Crippen MR) is 181 cm³/mol. The number of hydrogen-bond acceptors (Lipinski definition) is 9. The molecular formula is C31H40BrN8O2P.